The number of nitrogens with one attached hydrogen (secondary N) is 1. The van der Waals surface area contributed by atoms with Crippen LogP contribution in [-0.4, -0.2) is 18.0 Å². The Morgan fingerprint density at radius 2 is 2.21 bits per heavy atom. The lowest BCUT2D eigenvalue weighted by Crippen LogP contribution is -2.30. The van der Waals surface area contributed by atoms with Gasteiger partial charge < -0.3 is 14.5 Å². The number of nitrogens with zero attached hydrogens (tertiary/aromatic N) is 1. The first kappa shape index (κ1) is 17.6. The molecule has 0 spiro atoms. The van der Waals surface area contributed by atoms with Gasteiger partial charge in [0, 0.05) is 12.1 Å². The fourth-order valence-electron chi connectivity index (χ4n) is 1.92. The van der Waals surface area contributed by atoms with Crippen LogP contribution in [0.5, 0.6) is 0 Å². The predicted molar refractivity (Wildman–Crippen MR) is 87.4 cm³/mol. The molecular weight excluding hydrogens is 332 g/mol. The Morgan fingerprint density at radius 3 is 2.83 bits per heavy atom. The van der Waals surface area contributed by atoms with E-state index in [9.17, 15) is 9.59 Å². The molecule has 1 heterocycles. The lowest BCUT2D eigenvalue weighted by molar-refractivity contribution is -0.153. The maximum Gasteiger partial charge on any atom is 0.307 e. The highest BCUT2D eigenvalue weighted by molar-refractivity contribution is 6.32. The number of amides is 1. The molecule has 7 heteroatoms. The molecule has 24 heavy (non-hydrogen) atoms. The molecular formula is C17H15ClN2O4. The molecule has 1 N–H and O–H groups in total. The summed E-state index contributed by atoms with van der Waals surface area (Å²) in [5, 5.41) is 11.6. The van der Waals surface area contributed by atoms with E-state index in [1.165, 1.54) is 25.3 Å². The second-order valence-corrected chi connectivity index (χ2v) is 5.41. The summed E-state index contributed by atoms with van der Waals surface area (Å²) < 4.78 is 10.2. The summed E-state index contributed by atoms with van der Waals surface area (Å²) >= 11 is 5.90. The van der Waals surface area contributed by atoms with Crippen molar-refractivity contribution in [3.8, 4) is 6.07 Å². The molecule has 0 aliphatic rings. The van der Waals surface area contributed by atoms with E-state index >= 15 is 0 Å². The molecule has 1 aromatic heterocycles. The zero-order chi connectivity index (χ0) is 17.5. The van der Waals surface area contributed by atoms with Crippen molar-refractivity contribution in [1.29, 1.82) is 5.26 Å². The molecule has 0 fully saturated rings. The average Bonchev–Trinajstić information content (AvgIpc) is 3.06. The molecule has 2 rings (SSSR count). The van der Waals surface area contributed by atoms with E-state index in [1.54, 1.807) is 18.2 Å². The Bertz CT molecular complexity index is 765. The number of carbonyl (C=O) groups excluding carboxylic acids is 2. The van der Waals surface area contributed by atoms with Crippen molar-refractivity contribution in [2.75, 3.05) is 5.32 Å². The lowest BCUT2D eigenvalue weighted by atomic mass is 10.2. The molecule has 1 aromatic carbocycles. The summed E-state index contributed by atoms with van der Waals surface area (Å²) in [4.78, 5) is 23.8. The Labute approximate surface area is 144 Å². The minimum absolute atomic E-state index is 0.119. The first-order valence-corrected chi connectivity index (χ1v) is 7.59. The number of hydrogen-bond acceptors (Lipinski definition) is 5. The number of aryl methyl sites for hydroxylation is 1. The van der Waals surface area contributed by atoms with E-state index in [0.29, 0.717) is 23.4 Å². The van der Waals surface area contributed by atoms with Crippen molar-refractivity contribution in [3.05, 3.63) is 52.9 Å². The number of carbonyl (C=O) groups is 2. The molecule has 0 aliphatic heterocycles. The van der Waals surface area contributed by atoms with E-state index in [0.717, 1.165) is 0 Å². The molecule has 6 nitrogen and oxygen atoms in total. The van der Waals surface area contributed by atoms with Gasteiger partial charge in [-0.15, -0.1) is 0 Å². The number of furan rings is 1. The van der Waals surface area contributed by atoms with Crippen LogP contribution in [0.1, 0.15) is 24.7 Å². The molecule has 0 radical (unpaired) electrons. The van der Waals surface area contributed by atoms with Gasteiger partial charge in [0.15, 0.2) is 6.10 Å². The fraction of sp³-hybridized carbons (Fsp3) is 0.235. The van der Waals surface area contributed by atoms with Crippen molar-refractivity contribution >= 4 is 29.2 Å². The third kappa shape index (κ3) is 4.86. The molecule has 1 amide bonds. The van der Waals surface area contributed by atoms with Crippen LogP contribution < -0.4 is 5.32 Å². The second-order valence-electron chi connectivity index (χ2n) is 5.01. The number of esters is 1. The largest absolute Gasteiger partial charge is 0.469 e. The van der Waals surface area contributed by atoms with Gasteiger partial charge >= 0.3 is 5.97 Å². The first-order chi connectivity index (χ1) is 11.5. The Hall–Kier alpha value is -2.78. The van der Waals surface area contributed by atoms with Crippen molar-refractivity contribution < 1.29 is 18.7 Å². The van der Waals surface area contributed by atoms with E-state index < -0.39 is 18.0 Å². The normalized spacial score (nSPS) is 11.4. The highest BCUT2D eigenvalue weighted by Gasteiger charge is 2.18. The number of ether oxygens (including phenoxy) is 1. The van der Waals surface area contributed by atoms with Gasteiger partial charge in [0.25, 0.3) is 5.91 Å². The quantitative estimate of drug-likeness (QED) is 0.810. The maximum absolute atomic E-state index is 12.0. The summed E-state index contributed by atoms with van der Waals surface area (Å²) in [6.45, 7) is 1.48. The average molecular weight is 347 g/mol. The lowest BCUT2D eigenvalue weighted by Gasteiger charge is -2.13. The topological polar surface area (TPSA) is 92.3 Å². The van der Waals surface area contributed by atoms with Crippen molar-refractivity contribution in [3.63, 3.8) is 0 Å². The van der Waals surface area contributed by atoms with Gasteiger partial charge in [0.2, 0.25) is 0 Å². The number of hydrogen-bond donors (Lipinski definition) is 1. The summed E-state index contributed by atoms with van der Waals surface area (Å²) in [7, 11) is 0. The predicted octanol–water partition coefficient (Wildman–Crippen LogP) is 3.31. The smallest absolute Gasteiger partial charge is 0.307 e. The van der Waals surface area contributed by atoms with Gasteiger partial charge in [-0.2, -0.15) is 5.26 Å². The van der Waals surface area contributed by atoms with E-state index in [-0.39, 0.29) is 11.4 Å². The molecule has 0 saturated heterocycles. The minimum Gasteiger partial charge on any atom is -0.469 e. The third-order valence-electron chi connectivity index (χ3n) is 3.19. The zero-order valence-corrected chi connectivity index (χ0v) is 13.7. The summed E-state index contributed by atoms with van der Waals surface area (Å²) in [5.41, 5.74) is 0.731. The van der Waals surface area contributed by atoms with Crippen LogP contribution in [0, 0.1) is 11.3 Å². The number of nitriles is 1. The van der Waals surface area contributed by atoms with Gasteiger partial charge in [0.1, 0.15) is 11.8 Å². The molecule has 0 saturated carbocycles. The van der Waals surface area contributed by atoms with Crippen LogP contribution in [0.2, 0.25) is 5.02 Å². The summed E-state index contributed by atoms with van der Waals surface area (Å²) in [6.07, 6.45) is 1.10. The highest BCUT2D eigenvalue weighted by atomic mass is 35.5. The number of rotatable bonds is 6. The van der Waals surface area contributed by atoms with Crippen LogP contribution >= 0.6 is 11.6 Å². The van der Waals surface area contributed by atoms with Gasteiger partial charge in [-0.1, -0.05) is 11.6 Å². The van der Waals surface area contributed by atoms with Gasteiger partial charge in [-0.05, 0) is 37.3 Å². The van der Waals surface area contributed by atoms with Gasteiger partial charge in [-0.25, -0.2) is 0 Å². The van der Waals surface area contributed by atoms with E-state index in [1.807, 2.05) is 6.07 Å². The molecule has 124 valence electrons. The van der Waals surface area contributed by atoms with Gasteiger partial charge in [0.05, 0.1) is 23.3 Å². The van der Waals surface area contributed by atoms with Crippen LogP contribution in [0.4, 0.5) is 5.69 Å². The first-order valence-electron chi connectivity index (χ1n) is 7.22. The van der Waals surface area contributed by atoms with Crippen LogP contribution in [-0.2, 0) is 20.7 Å². The van der Waals surface area contributed by atoms with Crippen LogP contribution in [0.25, 0.3) is 0 Å². The fourth-order valence-corrected chi connectivity index (χ4v) is 2.14. The van der Waals surface area contributed by atoms with Crippen molar-refractivity contribution in [1.82, 2.24) is 0 Å². The van der Waals surface area contributed by atoms with Gasteiger partial charge in [-0.3, -0.25) is 9.59 Å². The van der Waals surface area contributed by atoms with E-state index in [4.69, 9.17) is 26.0 Å². The molecule has 0 unspecified atom stereocenters. The SMILES string of the molecule is C[C@H](OC(=O)CCc1ccco1)C(=O)Nc1ccc(C#N)c(Cl)c1. The summed E-state index contributed by atoms with van der Waals surface area (Å²) in [5.74, 6) is -0.301. The van der Waals surface area contributed by atoms with Crippen LogP contribution in [0.15, 0.2) is 41.0 Å². The maximum atomic E-state index is 12.0. The Morgan fingerprint density at radius 1 is 1.42 bits per heavy atom. The van der Waals surface area contributed by atoms with E-state index in [2.05, 4.69) is 5.32 Å². The van der Waals surface area contributed by atoms with Crippen molar-refractivity contribution in [2.45, 2.75) is 25.9 Å². The number of anilines is 1. The third-order valence-corrected chi connectivity index (χ3v) is 3.50. The standard InChI is InChI=1S/C17H15ClN2O4/c1-11(24-16(21)7-6-14-3-2-8-23-14)17(22)20-13-5-4-12(10-19)15(18)9-13/h2-5,8-9,11H,6-7H2,1H3,(H,20,22)/t11-/m0/s1. The summed E-state index contributed by atoms with van der Waals surface area (Å²) in [6, 6.07) is 9.94. The minimum atomic E-state index is -0.955. The number of halogens is 1. The number of benzene rings is 1. The Balaban J connectivity index is 1.84. The highest BCUT2D eigenvalue weighted by Crippen LogP contribution is 2.20. The molecule has 2 aromatic rings. The zero-order valence-electron chi connectivity index (χ0n) is 12.9. The molecule has 0 aliphatic carbocycles. The second kappa shape index (κ2) is 8.18. The Kier molecular flexibility index (Phi) is 5.99. The van der Waals surface area contributed by atoms with Crippen LogP contribution in [0.3, 0.4) is 0 Å². The molecule has 0 bridgehead atoms. The molecule has 1 atom stereocenters. The van der Waals surface area contributed by atoms with Crippen molar-refractivity contribution in [2.24, 2.45) is 0 Å². The monoisotopic (exact) mass is 346 g/mol.